The van der Waals surface area contributed by atoms with Gasteiger partial charge >= 0.3 is 6.03 Å². The van der Waals surface area contributed by atoms with E-state index in [0.29, 0.717) is 36.3 Å². The molecule has 1 aliphatic heterocycles. The predicted octanol–water partition coefficient (Wildman–Crippen LogP) is 6.83. The zero-order chi connectivity index (χ0) is 26.2. The molecule has 0 aromatic heterocycles. The van der Waals surface area contributed by atoms with E-state index in [4.69, 9.17) is 11.6 Å². The highest BCUT2D eigenvalue weighted by atomic mass is 35.5. The first-order chi connectivity index (χ1) is 17.0. The number of carbonyl (C=O) groups is 2. The lowest BCUT2D eigenvalue weighted by Gasteiger charge is -2.32. The van der Waals surface area contributed by atoms with Gasteiger partial charge in [0.15, 0.2) is 0 Å². The van der Waals surface area contributed by atoms with Gasteiger partial charge in [-0.15, -0.1) is 6.58 Å². The second kappa shape index (κ2) is 16.7. The number of anilines is 2. The number of amides is 3. The van der Waals surface area contributed by atoms with Crippen LogP contribution in [0.3, 0.4) is 0 Å². The molecule has 0 atom stereocenters. The van der Waals surface area contributed by atoms with E-state index < -0.39 is 0 Å². The second-order valence-electron chi connectivity index (χ2n) is 7.71. The smallest absolute Gasteiger partial charge is 0.321 e. The Morgan fingerprint density at radius 3 is 2.23 bits per heavy atom. The van der Waals surface area contributed by atoms with E-state index in [1.165, 1.54) is 5.56 Å². The normalized spacial score (nSPS) is 12.9. The highest BCUT2D eigenvalue weighted by Crippen LogP contribution is 2.30. The molecule has 2 aromatic carbocycles. The summed E-state index contributed by atoms with van der Waals surface area (Å²) in [4.78, 5) is 26.4. The first-order valence-corrected chi connectivity index (χ1v) is 12.9. The highest BCUT2D eigenvalue weighted by molar-refractivity contribution is 6.33. The quantitative estimate of drug-likeness (QED) is 0.288. The first-order valence-electron chi connectivity index (χ1n) is 12.5. The minimum atomic E-state index is -0.113. The Bertz CT molecular complexity index is 903. The molecule has 3 amide bonds. The summed E-state index contributed by atoms with van der Waals surface area (Å²) in [5, 5.41) is 9.35. The lowest BCUT2D eigenvalue weighted by molar-refractivity contribution is -0.115. The average Bonchev–Trinajstić information content (AvgIpc) is 2.89. The molecule has 35 heavy (non-hydrogen) atoms. The summed E-state index contributed by atoms with van der Waals surface area (Å²) < 4.78 is 0. The van der Waals surface area contributed by atoms with Crippen LogP contribution < -0.4 is 16.0 Å². The van der Waals surface area contributed by atoms with E-state index in [-0.39, 0.29) is 18.5 Å². The van der Waals surface area contributed by atoms with Crippen molar-refractivity contribution >= 4 is 34.9 Å². The van der Waals surface area contributed by atoms with Gasteiger partial charge in [-0.25, -0.2) is 4.79 Å². The minimum Gasteiger partial charge on any atom is -0.325 e. The van der Waals surface area contributed by atoms with Crippen LogP contribution in [0.4, 0.5) is 16.2 Å². The Hall–Kier alpha value is -2.83. The van der Waals surface area contributed by atoms with E-state index >= 15 is 0 Å². The Balaban J connectivity index is 0.00000145. The third-order valence-corrected chi connectivity index (χ3v) is 5.79. The molecule has 7 heteroatoms. The van der Waals surface area contributed by atoms with Gasteiger partial charge in [-0.3, -0.25) is 4.79 Å². The zero-order valence-electron chi connectivity index (χ0n) is 21.8. The van der Waals surface area contributed by atoms with Crippen LogP contribution in [-0.4, -0.2) is 43.0 Å². The summed E-state index contributed by atoms with van der Waals surface area (Å²) in [6.45, 7) is 15.8. The maximum atomic E-state index is 12.7. The monoisotopic (exact) mass is 500 g/mol. The van der Waals surface area contributed by atoms with Crippen molar-refractivity contribution in [2.45, 2.75) is 53.4 Å². The van der Waals surface area contributed by atoms with Crippen molar-refractivity contribution < 1.29 is 9.59 Å². The molecule has 0 spiro atoms. The summed E-state index contributed by atoms with van der Waals surface area (Å²) in [5.74, 6) is 0.313. The predicted molar refractivity (Wildman–Crippen MR) is 150 cm³/mol. The van der Waals surface area contributed by atoms with Crippen molar-refractivity contribution in [1.29, 1.82) is 0 Å². The summed E-state index contributed by atoms with van der Waals surface area (Å²) in [6, 6.07) is 13.4. The number of nitrogens with zero attached hydrogens (tertiary/aromatic N) is 1. The number of hydrogen-bond donors (Lipinski definition) is 3. The average molecular weight is 501 g/mol. The third-order valence-electron chi connectivity index (χ3n) is 5.48. The zero-order valence-corrected chi connectivity index (χ0v) is 22.5. The van der Waals surface area contributed by atoms with Crippen LogP contribution in [0.15, 0.2) is 55.1 Å². The van der Waals surface area contributed by atoms with Crippen molar-refractivity contribution in [2.75, 3.05) is 36.8 Å². The first kappa shape index (κ1) is 30.2. The number of hydrogen-bond acceptors (Lipinski definition) is 3. The Labute approximate surface area is 216 Å². The molecule has 2 aromatic rings. The van der Waals surface area contributed by atoms with E-state index in [0.717, 1.165) is 24.1 Å². The van der Waals surface area contributed by atoms with Gasteiger partial charge in [-0.1, -0.05) is 69.6 Å². The molecule has 0 unspecified atom stereocenters. The molecule has 6 nitrogen and oxygen atoms in total. The van der Waals surface area contributed by atoms with E-state index in [2.05, 4.69) is 34.7 Å². The van der Waals surface area contributed by atoms with Crippen LogP contribution in [0.25, 0.3) is 0 Å². The van der Waals surface area contributed by atoms with Gasteiger partial charge in [0.25, 0.3) is 0 Å². The Morgan fingerprint density at radius 2 is 1.66 bits per heavy atom. The number of halogens is 1. The lowest BCUT2D eigenvalue weighted by atomic mass is 9.89. The number of rotatable bonds is 7. The molecule has 0 aliphatic carbocycles. The molecule has 0 radical (unpaired) electrons. The van der Waals surface area contributed by atoms with Crippen molar-refractivity contribution in [3.63, 3.8) is 0 Å². The van der Waals surface area contributed by atoms with Gasteiger partial charge in [-0.05, 0) is 55.0 Å². The fourth-order valence-corrected chi connectivity index (χ4v) is 3.99. The number of para-hydroxylation sites is 1. The number of carbonyl (C=O) groups excluding carboxylic acids is 2. The summed E-state index contributed by atoms with van der Waals surface area (Å²) in [5.41, 5.74) is 3.62. The van der Waals surface area contributed by atoms with Crippen molar-refractivity contribution in [1.82, 2.24) is 10.2 Å². The third kappa shape index (κ3) is 9.74. The highest BCUT2D eigenvalue weighted by Gasteiger charge is 2.24. The number of urea groups is 1. The molecular formula is C28H41ClN4O2. The van der Waals surface area contributed by atoms with E-state index in [1.807, 2.05) is 63.8 Å². The summed E-state index contributed by atoms with van der Waals surface area (Å²) in [6.07, 6.45) is 3.51. The molecule has 0 saturated carbocycles. The van der Waals surface area contributed by atoms with E-state index in [9.17, 15) is 9.59 Å². The fraction of sp³-hybridized carbons (Fsp3) is 0.429. The fourth-order valence-electron chi connectivity index (χ4n) is 3.72. The molecule has 0 bridgehead atoms. The molecule has 3 N–H and O–H groups in total. The van der Waals surface area contributed by atoms with Crippen LogP contribution in [0.2, 0.25) is 5.02 Å². The number of piperidine rings is 1. The number of benzene rings is 2. The molecule has 1 saturated heterocycles. The lowest BCUT2D eigenvalue weighted by Crippen LogP contribution is -2.40. The van der Waals surface area contributed by atoms with Crippen LogP contribution in [0.5, 0.6) is 0 Å². The van der Waals surface area contributed by atoms with Crippen LogP contribution in [0, 0.1) is 6.92 Å². The molecule has 1 aliphatic rings. The summed E-state index contributed by atoms with van der Waals surface area (Å²) >= 11 is 6.22. The standard InChI is InChI=1S/C24H29ClN4O2.2C2H6/c1-3-13-26-16-22(30)27-20-9-7-18(8-10-20)19-11-14-29(15-12-19)24(31)28-23-17(2)5-4-6-21(23)25;2*1-2/h3-10,19,26H,1,11-16H2,2H3,(H,27,30)(H,28,31);2*1-2H3. The van der Waals surface area contributed by atoms with Gasteiger partial charge in [-0.2, -0.15) is 0 Å². The van der Waals surface area contributed by atoms with Crippen LogP contribution >= 0.6 is 11.6 Å². The molecular weight excluding hydrogens is 460 g/mol. The molecule has 3 rings (SSSR count). The van der Waals surface area contributed by atoms with Crippen molar-refractivity contribution in [3.8, 4) is 0 Å². The number of aryl methyl sites for hydroxylation is 1. The van der Waals surface area contributed by atoms with Gasteiger partial charge in [0.05, 0.1) is 17.3 Å². The largest absolute Gasteiger partial charge is 0.325 e. The van der Waals surface area contributed by atoms with Crippen LogP contribution in [0.1, 0.15) is 57.6 Å². The maximum absolute atomic E-state index is 12.7. The molecule has 1 heterocycles. The number of nitrogens with one attached hydrogen (secondary N) is 3. The minimum absolute atomic E-state index is 0.0809. The van der Waals surface area contributed by atoms with Crippen molar-refractivity contribution in [3.05, 3.63) is 71.3 Å². The Kier molecular flexibility index (Phi) is 14.4. The number of likely N-dealkylation sites (tertiary alicyclic amines) is 1. The van der Waals surface area contributed by atoms with Gasteiger partial charge in [0, 0.05) is 25.3 Å². The van der Waals surface area contributed by atoms with E-state index in [1.54, 1.807) is 12.1 Å². The second-order valence-corrected chi connectivity index (χ2v) is 8.12. The Morgan fingerprint density at radius 1 is 1.03 bits per heavy atom. The van der Waals surface area contributed by atoms with Gasteiger partial charge < -0.3 is 20.9 Å². The van der Waals surface area contributed by atoms with Crippen molar-refractivity contribution in [2.24, 2.45) is 0 Å². The topological polar surface area (TPSA) is 73.5 Å². The van der Waals surface area contributed by atoms with Gasteiger partial charge in [0.1, 0.15) is 0 Å². The molecule has 1 fully saturated rings. The van der Waals surface area contributed by atoms with Gasteiger partial charge in [0.2, 0.25) is 5.91 Å². The maximum Gasteiger partial charge on any atom is 0.321 e. The van der Waals surface area contributed by atoms with Crippen LogP contribution in [-0.2, 0) is 4.79 Å². The summed E-state index contributed by atoms with van der Waals surface area (Å²) in [7, 11) is 0. The SMILES string of the molecule is C=CCNCC(=O)Nc1ccc(C2CCN(C(=O)Nc3c(C)cccc3Cl)CC2)cc1.CC.CC. The molecule has 192 valence electrons.